The van der Waals surface area contributed by atoms with Crippen molar-refractivity contribution in [2.75, 3.05) is 21.2 Å². The topological polar surface area (TPSA) is 170 Å². The van der Waals surface area contributed by atoms with Crippen molar-refractivity contribution in [2.24, 2.45) is 28.9 Å². The number of methoxy groups -OCH3 is 1. The maximum absolute atomic E-state index is 13.3. The van der Waals surface area contributed by atoms with Crippen molar-refractivity contribution in [3.8, 4) is 0 Å². The Bertz CT molecular complexity index is 1710. The number of ether oxygens (including phenoxy) is 2. The molecule has 0 bridgehead atoms. The van der Waals surface area contributed by atoms with Gasteiger partial charge in [-0.15, -0.1) is 11.3 Å². The lowest BCUT2D eigenvalue weighted by atomic mass is 9.42. The number of nitrogens with zero attached hydrogens (tertiary/aromatic N) is 2. The average Bonchev–Trinajstić information content (AvgIpc) is 3.64. The SMILES string of the molecule is CCCCC(=O)N(C)C(CC(OC(C)=O)c1nc(C(=O)NC(Cc2ccccc2)CC(C)C(=O)OC)cs1)C(C)C.CNC(C)(C)C1=C(C)C2(C(N)=O)CCC12. The fraction of sp³-hybridized carbons (Fsp3) is 0.628. The maximum atomic E-state index is 13.3. The fourth-order valence-electron chi connectivity index (χ4n) is 8.16. The highest BCUT2D eigenvalue weighted by Gasteiger charge is 2.64. The van der Waals surface area contributed by atoms with E-state index in [0.29, 0.717) is 36.6 Å². The van der Waals surface area contributed by atoms with Gasteiger partial charge in [-0.05, 0) is 77.0 Å². The molecule has 1 aromatic carbocycles. The van der Waals surface area contributed by atoms with Gasteiger partial charge in [0.05, 0.1) is 18.4 Å². The molecule has 1 aromatic heterocycles. The summed E-state index contributed by atoms with van der Waals surface area (Å²) in [6.07, 6.45) is 4.87. The van der Waals surface area contributed by atoms with Crippen LogP contribution in [-0.2, 0) is 35.1 Å². The number of carbonyl (C=O) groups is 5. The molecule has 12 nitrogen and oxygen atoms in total. The summed E-state index contributed by atoms with van der Waals surface area (Å²) in [5.74, 6) is -1.14. The number of primary amides is 1. The van der Waals surface area contributed by atoms with Crippen LogP contribution in [0.1, 0.15) is 127 Å². The van der Waals surface area contributed by atoms with Crippen molar-refractivity contribution >= 4 is 41.0 Å². The summed E-state index contributed by atoms with van der Waals surface area (Å²) in [7, 11) is 5.10. The summed E-state index contributed by atoms with van der Waals surface area (Å²) < 4.78 is 10.5. The summed E-state index contributed by atoms with van der Waals surface area (Å²) in [6.45, 7) is 15.6. The van der Waals surface area contributed by atoms with Crippen LogP contribution in [0.4, 0.5) is 0 Å². The number of hydrogen-bond acceptors (Lipinski definition) is 10. The Morgan fingerprint density at radius 3 is 2.27 bits per heavy atom. The lowest BCUT2D eigenvalue weighted by Crippen LogP contribution is -2.63. The van der Waals surface area contributed by atoms with Crippen molar-refractivity contribution < 1.29 is 33.4 Å². The van der Waals surface area contributed by atoms with E-state index in [0.717, 1.165) is 31.2 Å². The van der Waals surface area contributed by atoms with Gasteiger partial charge in [0.1, 0.15) is 10.7 Å². The van der Waals surface area contributed by atoms with Crippen LogP contribution in [-0.4, -0.2) is 78.4 Å². The molecule has 0 spiro atoms. The van der Waals surface area contributed by atoms with Gasteiger partial charge in [0.2, 0.25) is 11.8 Å². The second kappa shape index (κ2) is 20.4. The van der Waals surface area contributed by atoms with Crippen LogP contribution in [0, 0.1) is 23.2 Å². The van der Waals surface area contributed by atoms with Crippen LogP contribution in [0.3, 0.4) is 0 Å². The van der Waals surface area contributed by atoms with E-state index < -0.39 is 18.0 Å². The molecule has 2 aromatic rings. The third kappa shape index (κ3) is 11.1. The molecular weight excluding hydrogens is 731 g/mol. The van der Waals surface area contributed by atoms with Crippen LogP contribution >= 0.6 is 11.3 Å². The third-order valence-corrected chi connectivity index (χ3v) is 12.6. The van der Waals surface area contributed by atoms with Gasteiger partial charge in [-0.1, -0.05) is 70.0 Å². The van der Waals surface area contributed by atoms with E-state index in [9.17, 15) is 24.0 Å². The summed E-state index contributed by atoms with van der Waals surface area (Å²) >= 11 is 1.24. The molecule has 3 amide bonds. The normalized spacial score (nSPS) is 19.5. The summed E-state index contributed by atoms with van der Waals surface area (Å²) in [4.78, 5) is 68.0. The zero-order chi connectivity index (χ0) is 42.0. The number of thiazole rings is 1. The van der Waals surface area contributed by atoms with E-state index in [2.05, 4.69) is 36.4 Å². The molecule has 4 N–H and O–H groups in total. The number of nitrogens with two attached hydrogens (primary N) is 1. The van der Waals surface area contributed by atoms with E-state index in [-0.39, 0.29) is 58.3 Å². The molecule has 6 unspecified atom stereocenters. The molecule has 1 heterocycles. The molecule has 0 aliphatic heterocycles. The number of carbonyl (C=O) groups excluding carboxylic acids is 5. The molecule has 13 heteroatoms. The first kappa shape index (κ1) is 46.3. The molecule has 56 heavy (non-hydrogen) atoms. The van der Waals surface area contributed by atoms with Crippen molar-refractivity contribution in [1.82, 2.24) is 20.5 Å². The number of nitrogens with one attached hydrogen (secondary N) is 2. The summed E-state index contributed by atoms with van der Waals surface area (Å²) in [6, 6.07) is 9.22. The van der Waals surface area contributed by atoms with Crippen LogP contribution in [0.5, 0.6) is 0 Å². The number of aromatic nitrogens is 1. The zero-order valence-corrected chi connectivity index (χ0v) is 36.1. The van der Waals surface area contributed by atoms with Crippen molar-refractivity contribution in [1.29, 1.82) is 0 Å². The highest BCUT2D eigenvalue weighted by atomic mass is 32.1. The summed E-state index contributed by atoms with van der Waals surface area (Å²) in [5.41, 5.74) is 9.09. The first-order valence-electron chi connectivity index (χ1n) is 19.9. The molecule has 1 saturated carbocycles. The van der Waals surface area contributed by atoms with Crippen LogP contribution in [0.2, 0.25) is 0 Å². The smallest absolute Gasteiger partial charge is 0.308 e. The second-order valence-corrected chi connectivity index (χ2v) is 17.1. The minimum atomic E-state index is -0.702. The fourth-order valence-corrected chi connectivity index (χ4v) is 9.00. The van der Waals surface area contributed by atoms with Gasteiger partial charge in [-0.25, -0.2) is 4.98 Å². The molecular formula is C43H65N5O7S. The molecule has 2 aliphatic rings. The van der Waals surface area contributed by atoms with E-state index in [1.807, 2.05) is 58.2 Å². The Hall–Kier alpha value is -4.10. The highest BCUT2D eigenvalue weighted by molar-refractivity contribution is 7.09. The number of rotatable bonds is 19. The molecule has 4 rings (SSSR count). The summed E-state index contributed by atoms with van der Waals surface area (Å²) in [5, 5.41) is 8.48. The van der Waals surface area contributed by atoms with Gasteiger partial charge in [0, 0.05) is 55.7 Å². The minimum absolute atomic E-state index is 0.00583. The Balaban J connectivity index is 0.000000463. The number of fused-ring (bicyclic) bond motifs is 1. The molecule has 6 atom stereocenters. The quantitative estimate of drug-likeness (QED) is 0.106. The number of amides is 3. The van der Waals surface area contributed by atoms with E-state index in [1.54, 1.807) is 24.3 Å². The Morgan fingerprint density at radius 1 is 1.11 bits per heavy atom. The third-order valence-electron chi connectivity index (χ3n) is 11.7. The van der Waals surface area contributed by atoms with E-state index in [4.69, 9.17) is 15.2 Å². The Labute approximate surface area is 337 Å². The number of hydrogen-bond donors (Lipinski definition) is 3. The largest absolute Gasteiger partial charge is 0.469 e. The van der Waals surface area contributed by atoms with Gasteiger partial charge in [0.25, 0.3) is 5.91 Å². The molecule has 310 valence electrons. The minimum Gasteiger partial charge on any atom is -0.469 e. The molecule has 0 radical (unpaired) electrons. The number of esters is 2. The van der Waals surface area contributed by atoms with Crippen molar-refractivity contribution in [2.45, 2.75) is 130 Å². The van der Waals surface area contributed by atoms with Gasteiger partial charge in [-0.3, -0.25) is 24.0 Å². The predicted octanol–water partition coefficient (Wildman–Crippen LogP) is 6.55. The van der Waals surface area contributed by atoms with Gasteiger partial charge in [0.15, 0.2) is 6.10 Å². The first-order valence-corrected chi connectivity index (χ1v) is 20.7. The average molecular weight is 796 g/mol. The Morgan fingerprint density at radius 2 is 1.77 bits per heavy atom. The molecule has 0 saturated heterocycles. The van der Waals surface area contributed by atoms with Crippen molar-refractivity contribution in [3.05, 3.63) is 63.1 Å². The highest BCUT2D eigenvalue weighted by Crippen LogP contribution is 2.66. The predicted molar refractivity (Wildman–Crippen MR) is 220 cm³/mol. The molecule has 1 fully saturated rings. The van der Waals surface area contributed by atoms with E-state index in [1.165, 1.54) is 36.5 Å². The first-order chi connectivity index (χ1) is 26.3. The number of unbranched alkanes of at least 4 members (excludes halogenated alkanes) is 1. The van der Waals surface area contributed by atoms with Crippen LogP contribution in [0.15, 0.2) is 46.9 Å². The maximum Gasteiger partial charge on any atom is 0.308 e. The monoisotopic (exact) mass is 795 g/mol. The van der Waals surface area contributed by atoms with E-state index >= 15 is 0 Å². The Kier molecular flexibility index (Phi) is 16.8. The number of benzene rings is 1. The van der Waals surface area contributed by atoms with Gasteiger partial charge in [-0.2, -0.15) is 0 Å². The van der Waals surface area contributed by atoms with Gasteiger partial charge >= 0.3 is 11.9 Å². The van der Waals surface area contributed by atoms with Crippen LogP contribution in [0.25, 0.3) is 0 Å². The second-order valence-electron chi connectivity index (χ2n) is 16.2. The van der Waals surface area contributed by atoms with Crippen LogP contribution < -0.4 is 16.4 Å². The lowest BCUT2D eigenvalue weighted by Gasteiger charge is -2.61. The zero-order valence-electron chi connectivity index (χ0n) is 35.3. The standard InChI is InChI=1S/C31H45N3O6S.C12H20N2O/c1-8-9-15-28(36)34(6)26(20(2)3)18-27(40-22(5)35)30-33-25(19-41-30)29(37)32-24(16-21(4)31(38)39-7)17-23-13-11-10-12-14-23;1-7-9(11(2,3)14-4)8-5-6-12(7,8)10(13)15/h10-14,19-21,24,26-27H,8-9,15-18H2,1-7H3,(H,32,37);8,14H,5-6H2,1-4H3,(H2,13,15). The lowest BCUT2D eigenvalue weighted by molar-refractivity contribution is -0.148. The number of likely N-dealkylation sites (N-methyl/N-ethyl adjacent to an activating group) is 1. The molecule has 2 aliphatic carbocycles. The van der Waals surface area contributed by atoms with Gasteiger partial charge < -0.3 is 30.7 Å². The van der Waals surface area contributed by atoms with Crippen molar-refractivity contribution in [3.63, 3.8) is 0 Å².